The number of hydrogen-bond acceptors (Lipinski definition) is 15. The van der Waals surface area contributed by atoms with Crippen LogP contribution in [0, 0.1) is 0 Å². The molecule has 3 aromatic rings. The molecule has 67 heavy (non-hydrogen) atoms. The maximum absolute atomic E-state index is 14.7. The molecule has 0 radical (unpaired) electrons. The van der Waals surface area contributed by atoms with E-state index < -0.39 is 69.6 Å². The number of sulfonamides is 1. The Bertz CT molecular complexity index is 2190. The molecule has 0 spiro atoms. The highest BCUT2D eigenvalue weighted by Gasteiger charge is 2.37. The minimum absolute atomic E-state index is 0.0772. The lowest BCUT2D eigenvalue weighted by molar-refractivity contribution is -0.141. The number of fused-ring (bicyclic) bond motifs is 5. The van der Waals surface area contributed by atoms with Crippen molar-refractivity contribution >= 4 is 39.4 Å². The van der Waals surface area contributed by atoms with Gasteiger partial charge in [0, 0.05) is 37.7 Å². The van der Waals surface area contributed by atoms with E-state index in [1.807, 2.05) is 0 Å². The minimum Gasteiger partial charge on any atom is -0.492 e. The summed E-state index contributed by atoms with van der Waals surface area (Å²) >= 11 is 0. The molecule has 0 saturated heterocycles. The molecule has 370 valence electrons. The second-order valence-electron chi connectivity index (χ2n) is 16.8. The van der Waals surface area contributed by atoms with E-state index in [0.29, 0.717) is 59.6 Å². The Morgan fingerprint density at radius 1 is 0.851 bits per heavy atom. The summed E-state index contributed by atoms with van der Waals surface area (Å²) in [5.41, 5.74) is 19.2. The van der Waals surface area contributed by atoms with Gasteiger partial charge in [-0.2, -0.15) is 0 Å². The normalized spacial score (nSPS) is 17.3. The van der Waals surface area contributed by atoms with Gasteiger partial charge in [-0.25, -0.2) is 18.2 Å². The number of ketones is 1. The van der Waals surface area contributed by atoms with E-state index >= 15 is 0 Å². The first-order valence-electron chi connectivity index (χ1n) is 23.2. The fourth-order valence-corrected chi connectivity index (χ4v) is 9.09. The molecule has 1 aliphatic heterocycles. The first-order valence-corrected chi connectivity index (χ1v) is 24.9. The number of Topliss-reactive ketones (excluding diaryl/α,β-unsaturated/α-hetero) is 1. The van der Waals surface area contributed by atoms with Crippen LogP contribution < -0.4 is 47.3 Å². The monoisotopic (exact) mass is 955 g/mol. The molecule has 4 rings (SSSR count). The van der Waals surface area contributed by atoms with Gasteiger partial charge in [0.1, 0.15) is 48.9 Å². The lowest BCUT2D eigenvalue weighted by Gasteiger charge is -2.32. The lowest BCUT2D eigenvalue weighted by Crippen LogP contribution is -2.57. The van der Waals surface area contributed by atoms with Crippen molar-refractivity contribution in [1.29, 1.82) is 0 Å². The predicted molar refractivity (Wildman–Crippen MR) is 252 cm³/mol. The summed E-state index contributed by atoms with van der Waals surface area (Å²) in [6.45, 7) is 5.92. The zero-order chi connectivity index (χ0) is 48.9. The van der Waals surface area contributed by atoms with Crippen LogP contribution in [0.25, 0.3) is 11.1 Å². The van der Waals surface area contributed by atoms with E-state index in [2.05, 4.69) is 48.2 Å². The predicted octanol–water partition coefficient (Wildman–Crippen LogP) is 1.53. The molecule has 0 unspecified atom stereocenters. The third kappa shape index (κ3) is 16.3. The zero-order valence-electron chi connectivity index (χ0n) is 39.2. The van der Waals surface area contributed by atoms with E-state index in [4.69, 9.17) is 26.7 Å². The molecule has 21 nitrogen and oxygen atoms in total. The van der Waals surface area contributed by atoms with Crippen LogP contribution in [0.3, 0.4) is 0 Å². The number of carbonyl (C=O) groups excluding carboxylic acids is 5. The van der Waals surface area contributed by atoms with Crippen LogP contribution in [0.1, 0.15) is 119 Å². The van der Waals surface area contributed by atoms with Crippen LogP contribution in [0.15, 0.2) is 36.4 Å². The Kier molecular flexibility index (Phi) is 22.0. The summed E-state index contributed by atoms with van der Waals surface area (Å²) in [5.74, 6) is -3.18. The number of aromatic amines is 1. The Morgan fingerprint density at radius 2 is 1.49 bits per heavy atom. The van der Waals surface area contributed by atoms with Crippen molar-refractivity contribution in [2.24, 2.45) is 17.2 Å². The van der Waals surface area contributed by atoms with E-state index in [9.17, 15) is 32.4 Å². The second-order valence-corrected chi connectivity index (χ2v) is 18.7. The number of aromatic nitrogens is 4. The Labute approximate surface area is 393 Å². The number of likely N-dealkylation sites (N-methyl/N-ethyl adjacent to an activating group) is 1. The van der Waals surface area contributed by atoms with Crippen molar-refractivity contribution in [3.05, 3.63) is 53.3 Å². The molecule has 4 bridgehead atoms. The smallest absolute Gasteiger partial charge is 0.248 e. The first kappa shape index (κ1) is 54.1. The van der Waals surface area contributed by atoms with Crippen molar-refractivity contribution in [2.75, 3.05) is 45.6 Å². The molecular weight excluding hydrogens is 885 g/mol. The van der Waals surface area contributed by atoms with Crippen molar-refractivity contribution in [3.8, 4) is 22.6 Å². The highest BCUT2D eigenvalue weighted by molar-refractivity contribution is 7.89. The number of nitrogens with zero attached hydrogens (tertiary/aromatic N) is 4. The molecule has 1 aromatic heterocycles. The quantitative estimate of drug-likeness (QED) is 0.0397. The summed E-state index contributed by atoms with van der Waals surface area (Å²) in [4.78, 5) is 71.4. The fourth-order valence-electron chi connectivity index (χ4n) is 7.73. The Hall–Kier alpha value is -5.55. The number of amides is 4. The Morgan fingerprint density at radius 3 is 2.12 bits per heavy atom. The molecular formula is C45H70N12O9S. The maximum atomic E-state index is 14.7. The van der Waals surface area contributed by atoms with Crippen LogP contribution in [-0.2, 0) is 35.6 Å². The number of nitrogens with two attached hydrogens (primary N) is 3. The number of benzene rings is 2. The van der Waals surface area contributed by atoms with Gasteiger partial charge in [0.2, 0.25) is 45.3 Å². The van der Waals surface area contributed by atoms with Gasteiger partial charge < -0.3 is 47.5 Å². The third-order valence-corrected chi connectivity index (χ3v) is 12.8. The van der Waals surface area contributed by atoms with Gasteiger partial charge in [-0.3, -0.25) is 24.0 Å². The first-order chi connectivity index (χ1) is 32.1. The molecule has 5 atom stereocenters. The number of unbranched alkanes of at least 4 members (excludes halogenated alkanes) is 8. The van der Waals surface area contributed by atoms with Crippen molar-refractivity contribution in [3.63, 3.8) is 0 Å². The van der Waals surface area contributed by atoms with Gasteiger partial charge in [-0.15, -0.1) is 5.10 Å². The van der Waals surface area contributed by atoms with E-state index in [1.54, 1.807) is 36.4 Å². The van der Waals surface area contributed by atoms with Crippen LogP contribution in [0.5, 0.6) is 11.5 Å². The molecule has 0 aliphatic carbocycles. The SMILES string of the molecule is CCCCCCCCCCS(=O)(=O)N[C@@H](CCCCN)C(=O)N(C)[C@@H]1C(=O)N[C@@H](C)C(=O)N[C@H](C(=O)N[C@@H](C)C(=O)c2nnn[nH]2)Cc2ccc(OCCN)c(c2)-c2cc1ccc2OCCN. The summed E-state index contributed by atoms with van der Waals surface area (Å²) < 4.78 is 42.0. The Balaban J connectivity index is 1.78. The topological polar surface area (TPSA) is 322 Å². The average molecular weight is 955 g/mol. The van der Waals surface area contributed by atoms with Gasteiger partial charge in [-0.05, 0) is 85.5 Å². The minimum atomic E-state index is -3.94. The molecule has 2 aromatic carbocycles. The number of ether oxygens (including phenoxy) is 2. The van der Waals surface area contributed by atoms with Gasteiger partial charge in [0.05, 0.1) is 11.8 Å². The fraction of sp³-hybridized carbons (Fsp3) is 0.600. The van der Waals surface area contributed by atoms with Gasteiger partial charge in [0.25, 0.3) is 0 Å². The highest BCUT2D eigenvalue weighted by atomic mass is 32.2. The number of rotatable bonds is 27. The van der Waals surface area contributed by atoms with Crippen LogP contribution in [-0.4, -0.2) is 133 Å². The summed E-state index contributed by atoms with van der Waals surface area (Å²) in [5, 5.41) is 20.9. The van der Waals surface area contributed by atoms with E-state index in [1.165, 1.54) is 27.3 Å². The summed E-state index contributed by atoms with van der Waals surface area (Å²) in [6, 6.07) is 3.70. The number of carbonyl (C=O) groups is 5. The molecule has 4 amide bonds. The average Bonchev–Trinajstić information content (AvgIpc) is 3.85. The van der Waals surface area contributed by atoms with Gasteiger partial charge >= 0.3 is 0 Å². The lowest BCUT2D eigenvalue weighted by atomic mass is 9.93. The maximum Gasteiger partial charge on any atom is 0.248 e. The third-order valence-electron chi connectivity index (χ3n) is 11.4. The van der Waals surface area contributed by atoms with Crippen LogP contribution in [0.4, 0.5) is 0 Å². The molecule has 22 heteroatoms. The molecule has 1 aliphatic rings. The summed E-state index contributed by atoms with van der Waals surface area (Å²) in [6.07, 6.45) is 8.65. The standard InChI is InChI=1S/C45H70N12O9S/c1-5-6-7-8-9-10-11-14-25-67(63,64)54-35(15-12-13-20-46)45(62)57(4)39-32-17-19-38(66-24-22-48)34(28-32)33-26-31(16-18-37(33)65-23-21-47)27-36(51-42(59)30(3)50-44(39)61)43(60)49-29(2)40(58)41-52-55-56-53-41/h16-19,26,28-30,35-36,39,54H,5-15,20-25,27,46-48H2,1-4H3,(H,49,60)(H,50,61)(H,51,59)(H,52,53,55,56)/t29-,30-,35-,36-,39-/m0/s1. The van der Waals surface area contributed by atoms with Gasteiger partial charge in [0.15, 0.2) is 0 Å². The number of nitrogens with one attached hydrogen (secondary N) is 5. The number of H-pyrrole nitrogens is 1. The molecule has 0 saturated carbocycles. The second kappa shape index (κ2) is 27.3. The van der Waals surface area contributed by atoms with Crippen molar-refractivity contribution < 1.29 is 41.9 Å². The number of tetrazole rings is 1. The van der Waals surface area contributed by atoms with Crippen molar-refractivity contribution in [2.45, 2.75) is 128 Å². The zero-order valence-corrected chi connectivity index (χ0v) is 40.0. The van der Waals surface area contributed by atoms with Gasteiger partial charge in [-0.1, -0.05) is 70.4 Å². The van der Waals surface area contributed by atoms with Crippen molar-refractivity contribution in [1.82, 2.24) is 46.2 Å². The van der Waals surface area contributed by atoms with Crippen LogP contribution in [0.2, 0.25) is 0 Å². The number of hydrogen-bond donors (Lipinski definition) is 8. The molecule has 0 fully saturated rings. The molecule has 11 N–H and O–H groups in total. The summed E-state index contributed by atoms with van der Waals surface area (Å²) in [7, 11) is -2.54. The molecule has 2 heterocycles. The van der Waals surface area contributed by atoms with Crippen LogP contribution >= 0.6 is 0 Å². The van der Waals surface area contributed by atoms with E-state index in [0.717, 1.165) is 43.4 Å². The highest BCUT2D eigenvalue weighted by Crippen LogP contribution is 2.40. The largest absolute Gasteiger partial charge is 0.492 e. The van der Waals surface area contributed by atoms with E-state index in [-0.39, 0.29) is 50.7 Å².